The Morgan fingerprint density at radius 2 is 2.38 bits per heavy atom. The summed E-state index contributed by atoms with van der Waals surface area (Å²) < 4.78 is 0. The minimum atomic E-state index is 0.0560. The van der Waals surface area contributed by atoms with E-state index in [2.05, 4.69) is 11.4 Å². The summed E-state index contributed by atoms with van der Waals surface area (Å²) in [5, 5.41) is 11.9. The number of hydrogen-bond donors (Lipinski definition) is 2. The molecule has 66 valence electrons. The van der Waals surface area contributed by atoms with Crippen molar-refractivity contribution in [3.8, 4) is 6.07 Å². The standard InChI is InChI=1S/C10H11N3/c11-6-7-1-3-9-8(5-7)2-4-10(12)13-9/h1,3,5,10,13H,2,4,12H2. The fraction of sp³-hybridized carbons (Fsp3) is 0.300. The van der Waals surface area contributed by atoms with E-state index < -0.39 is 0 Å². The molecule has 3 N–H and O–H groups in total. The molecule has 1 heterocycles. The largest absolute Gasteiger partial charge is 0.370 e. The number of aryl methyl sites for hydroxylation is 1. The molecule has 2 rings (SSSR count). The van der Waals surface area contributed by atoms with E-state index in [1.54, 1.807) is 0 Å². The van der Waals surface area contributed by atoms with Gasteiger partial charge in [-0.15, -0.1) is 0 Å². The molecule has 1 aromatic rings. The number of rotatable bonds is 0. The topological polar surface area (TPSA) is 61.8 Å². The maximum Gasteiger partial charge on any atom is 0.0991 e. The first-order valence-corrected chi connectivity index (χ1v) is 4.35. The second kappa shape index (κ2) is 3.08. The molecule has 0 fully saturated rings. The number of hydrogen-bond acceptors (Lipinski definition) is 3. The summed E-state index contributed by atoms with van der Waals surface area (Å²) in [6.07, 6.45) is 1.95. The number of nitriles is 1. The van der Waals surface area contributed by atoms with Crippen molar-refractivity contribution in [2.45, 2.75) is 19.0 Å². The molecule has 1 aromatic carbocycles. The average molecular weight is 173 g/mol. The van der Waals surface area contributed by atoms with E-state index in [4.69, 9.17) is 11.0 Å². The molecule has 3 nitrogen and oxygen atoms in total. The fourth-order valence-corrected chi connectivity index (χ4v) is 1.59. The Labute approximate surface area is 77.2 Å². The van der Waals surface area contributed by atoms with Gasteiger partial charge in [-0.2, -0.15) is 5.26 Å². The number of anilines is 1. The molecule has 0 bridgehead atoms. The van der Waals surface area contributed by atoms with Crippen molar-refractivity contribution in [1.82, 2.24) is 0 Å². The van der Waals surface area contributed by atoms with Gasteiger partial charge in [-0.25, -0.2) is 0 Å². The van der Waals surface area contributed by atoms with Crippen molar-refractivity contribution >= 4 is 5.69 Å². The van der Waals surface area contributed by atoms with Crippen LogP contribution in [0.5, 0.6) is 0 Å². The first-order chi connectivity index (χ1) is 6.29. The third-order valence-electron chi connectivity index (χ3n) is 2.30. The van der Waals surface area contributed by atoms with Crippen LogP contribution in [0.2, 0.25) is 0 Å². The zero-order valence-electron chi connectivity index (χ0n) is 7.25. The zero-order chi connectivity index (χ0) is 9.26. The molecular weight excluding hydrogens is 162 g/mol. The fourth-order valence-electron chi connectivity index (χ4n) is 1.59. The molecular formula is C10H11N3. The summed E-state index contributed by atoms with van der Waals surface area (Å²) >= 11 is 0. The van der Waals surface area contributed by atoms with Crippen molar-refractivity contribution in [2.75, 3.05) is 5.32 Å². The van der Waals surface area contributed by atoms with Crippen molar-refractivity contribution < 1.29 is 0 Å². The Kier molecular flexibility index (Phi) is 1.91. The van der Waals surface area contributed by atoms with Crippen LogP contribution in [0.15, 0.2) is 18.2 Å². The van der Waals surface area contributed by atoms with E-state index in [0.717, 1.165) is 24.1 Å². The lowest BCUT2D eigenvalue weighted by molar-refractivity contribution is 0.655. The quantitative estimate of drug-likeness (QED) is 0.619. The zero-order valence-corrected chi connectivity index (χ0v) is 7.25. The Hall–Kier alpha value is -1.53. The molecule has 0 radical (unpaired) electrons. The number of nitrogens with two attached hydrogens (primary N) is 1. The molecule has 1 unspecified atom stereocenters. The number of nitrogens with zero attached hydrogens (tertiary/aromatic N) is 1. The van der Waals surface area contributed by atoms with Crippen molar-refractivity contribution in [1.29, 1.82) is 5.26 Å². The maximum atomic E-state index is 8.70. The van der Waals surface area contributed by atoms with Gasteiger partial charge in [0.2, 0.25) is 0 Å². The molecule has 0 aliphatic carbocycles. The minimum Gasteiger partial charge on any atom is -0.370 e. The van der Waals surface area contributed by atoms with Gasteiger partial charge in [-0.05, 0) is 36.6 Å². The summed E-state index contributed by atoms with van der Waals surface area (Å²) in [7, 11) is 0. The van der Waals surface area contributed by atoms with Crippen LogP contribution in [-0.4, -0.2) is 6.17 Å². The van der Waals surface area contributed by atoms with Crippen LogP contribution in [0.1, 0.15) is 17.5 Å². The van der Waals surface area contributed by atoms with Crippen LogP contribution in [0.4, 0.5) is 5.69 Å². The molecule has 1 aliphatic rings. The Balaban J connectivity index is 2.38. The van der Waals surface area contributed by atoms with Gasteiger partial charge in [-0.3, -0.25) is 0 Å². The van der Waals surface area contributed by atoms with E-state index in [9.17, 15) is 0 Å². The van der Waals surface area contributed by atoms with E-state index in [-0.39, 0.29) is 6.17 Å². The second-order valence-electron chi connectivity index (χ2n) is 3.27. The van der Waals surface area contributed by atoms with Gasteiger partial charge in [0, 0.05) is 5.69 Å². The predicted octanol–water partition coefficient (Wildman–Crippen LogP) is 1.20. The third-order valence-corrected chi connectivity index (χ3v) is 2.30. The molecule has 0 saturated heterocycles. The van der Waals surface area contributed by atoms with Gasteiger partial charge >= 0.3 is 0 Å². The predicted molar refractivity (Wildman–Crippen MR) is 51.1 cm³/mol. The van der Waals surface area contributed by atoms with E-state index >= 15 is 0 Å². The highest BCUT2D eigenvalue weighted by molar-refractivity contribution is 5.56. The Bertz CT molecular complexity index is 365. The normalized spacial score (nSPS) is 19.8. The summed E-state index contributed by atoms with van der Waals surface area (Å²) in [5.41, 5.74) is 8.73. The number of benzene rings is 1. The molecule has 0 amide bonds. The molecule has 1 aliphatic heterocycles. The number of fused-ring (bicyclic) bond motifs is 1. The summed E-state index contributed by atoms with van der Waals surface area (Å²) in [6, 6.07) is 7.79. The van der Waals surface area contributed by atoms with Crippen LogP contribution >= 0.6 is 0 Å². The van der Waals surface area contributed by atoms with Crippen LogP contribution in [0.25, 0.3) is 0 Å². The van der Waals surface area contributed by atoms with E-state index in [0.29, 0.717) is 0 Å². The van der Waals surface area contributed by atoms with Gasteiger partial charge < -0.3 is 11.1 Å². The van der Waals surface area contributed by atoms with Crippen LogP contribution in [-0.2, 0) is 6.42 Å². The van der Waals surface area contributed by atoms with Crippen molar-refractivity contribution in [3.05, 3.63) is 29.3 Å². The highest BCUT2D eigenvalue weighted by Gasteiger charge is 2.13. The summed E-state index contributed by atoms with van der Waals surface area (Å²) in [4.78, 5) is 0. The van der Waals surface area contributed by atoms with Gasteiger partial charge in [-0.1, -0.05) is 0 Å². The van der Waals surface area contributed by atoms with E-state index in [1.165, 1.54) is 5.56 Å². The SMILES string of the molecule is N#Cc1ccc2c(c1)CCC(N)N2. The van der Waals surface area contributed by atoms with Gasteiger partial charge in [0.1, 0.15) is 0 Å². The highest BCUT2D eigenvalue weighted by atomic mass is 15.0. The van der Waals surface area contributed by atoms with Crippen LogP contribution in [0, 0.1) is 11.3 Å². The smallest absolute Gasteiger partial charge is 0.0991 e. The van der Waals surface area contributed by atoms with Crippen LogP contribution in [0.3, 0.4) is 0 Å². The molecule has 3 heteroatoms. The lowest BCUT2D eigenvalue weighted by atomic mass is 10.00. The number of nitrogens with one attached hydrogen (secondary N) is 1. The second-order valence-corrected chi connectivity index (χ2v) is 3.27. The molecule has 0 saturated carbocycles. The van der Waals surface area contributed by atoms with Gasteiger partial charge in [0.15, 0.2) is 0 Å². The van der Waals surface area contributed by atoms with Gasteiger partial charge in [0.05, 0.1) is 17.8 Å². The third kappa shape index (κ3) is 1.49. The molecule has 0 aromatic heterocycles. The minimum absolute atomic E-state index is 0.0560. The summed E-state index contributed by atoms with van der Waals surface area (Å²) in [5.74, 6) is 0. The van der Waals surface area contributed by atoms with E-state index in [1.807, 2.05) is 18.2 Å². The molecule has 0 spiro atoms. The maximum absolute atomic E-state index is 8.70. The van der Waals surface area contributed by atoms with Crippen molar-refractivity contribution in [2.24, 2.45) is 5.73 Å². The lowest BCUT2D eigenvalue weighted by Gasteiger charge is -2.23. The molecule has 13 heavy (non-hydrogen) atoms. The Morgan fingerprint density at radius 1 is 1.54 bits per heavy atom. The summed E-state index contributed by atoms with van der Waals surface area (Å²) in [6.45, 7) is 0. The monoisotopic (exact) mass is 173 g/mol. The first kappa shape index (κ1) is 8.09. The first-order valence-electron chi connectivity index (χ1n) is 4.35. The lowest BCUT2D eigenvalue weighted by Crippen LogP contribution is -2.33. The van der Waals surface area contributed by atoms with Gasteiger partial charge in [0.25, 0.3) is 0 Å². The van der Waals surface area contributed by atoms with Crippen LogP contribution < -0.4 is 11.1 Å². The Morgan fingerprint density at radius 3 is 3.15 bits per heavy atom. The average Bonchev–Trinajstić information content (AvgIpc) is 2.17. The highest BCUT2D eigenvalue weighted by Crippen LogP contribution is 2.23. The molecule has 1 atom stereocenters. The van der Waals surface area contributed by atoms with Crippen molar-refractivity contribution in [3.63, 3.8) is 0 Å².